The molecule has 1 amide bonds. The van der Waals surface area contributed by atoms with Crippen molar-refractivity contribution in [2.24, 2.45) is 0 Å². The molecule has 122 valence electrons. The Morgan fingerprint density at radius 1 is 1.09 bits per heavy atom. The number of rotatable bonds is 4. The zero-order valence-electron chi connectivity index (χ0n) is 12.1. The van der Waals surface area contributed by atoms with Crippen molar-refractivity contribution in [2.75, 3.05) is 10.6 Å². The van der Waals surface area contributed by atoms with E-state index in [1.54, 1.807) is 19.1 Å². The quantitative estimate of drug-likeness (QED) is 0.683. The van der Waals surface area contributed by atoms with Crippen LogP contribution in [0.2, 0.25) is 0 Å². The number of benzene rings is 2. The molecule has 0 aliphatic heterocycles. The van der Waals surface area contributed by atoms with Gasteiger partial charge in [0.05, 0.1) is 11.3 Å². The van der Waals surface area contributed by atoms with E-state index in [0.717, 1.165) is 15.3 Å². The van der Waals surface area contributed by atoms with Crippen LogP contribution in [-0.2, 0) is 11.0 Å². The highest BCUT2D eigenvalue weighted by molar-refractivity contribution is 14.1. The summed E-state index contributed by atoms with van der Waals surface area (Å²) in [5.41, 5.74) is -0.395. The highest BCUT2D eigenvalue weighted by Gasteiger charge is 2.33. The first kappa shape index (κ1) is 17.6. The van der Waals surface area contributed by atoms with Gasteiger partial charge in [0, 0.05) is 9.26 Å². The SMILES string of the molecule is CC(Nc1ccc(I)cc1)C(=O)Nc1ccccc1C(F)(F)F. The molecule has 3 nitrogen and oxygen atoms in total. The largest absolute Gasteiger partial charge is 0.418 e. The van der Waals surface area contributed by atoms with Gasteiger partial charge >= 0.3 is 6.18 Å². The van der Waals surface area contributed by atoms with Crippen LogP contribution in [0.4, 0.5) is 24.5 Å². The number of hydrogen-bond acceptors (Lipinski definition) is 2. The maximum atomic E-state index is 12.9. The first-order chi connectivity index (χ1) is 10.8. The van der Waals surface area contributed by atoms with Crippen molar-refractivity contribution in [3.63, 3.8) is 0 Å². The van der Waals surface area contributed by atoms with Gasteiger partial charge in [0.2, 0.25) is 5.91 Å². The van der Waals surface area contributed by atoms with E-state index in [1.807, 2.05) is 12.1 Å². The third kappa shape index (κ3) is 4.85. The summed E-state index contributed by atoms with van der Waals surface area (Å²) in [7, 11) is 0. The molecule has 0 saturated carbocycles. The summed E-state index contributed by atoms with van der Waals surface area (Å²) in [4.78, 5) is 12.1. The van der Waals surface area contributed by atoms with E-state index in [-0.39, 0.29) is 5.69 Å². The molecular weight excluding hydrogens is 420 g/mol. The Labute approximate surface area is 145 Å². The number of nitrogens with one attached hydrogen (secondary N) is 2. The van der Waals surface area contributed by atoms with Crippen LogP contribution >= 0.6 is 22.6 Å². The Kier molecular flexibility index (Phi) is 5.51. The molecule has 0 aromatic heterocycles. The molecular formula is C16H14F3IN2O. The molecule has 2 aromatic carbocycles. The van der Waals surface area contributed by atoms with Crippen LogP contribution in [0, 0.1) is 3.57 Å². The molecule has 0 radical (unpaired) electrons. The lowest BCUT2D eigenvalue weighted by atomic mass is 10.1. The maximum absolute atomic E-state index is 12.9. The van der Waals surface area contributed by atoms with Crippen molar-refractivity contribution < 1.29 is 18.0 Å². The van der Waals surface area contributed by atoms with E-state index in [1.165, 1.54) is 18.2 Å². The van der Waals surface area contributed by atoms with Crippen LogP contribution in [0.1, 0.15) is 12.5 Å². The molecule has 2 aromatic rings. The summed E-state index contributed by atoms with van der Waals surface area (Å²) in [5.74, 6) is -0.541. The standard InChI is InChI=1S/C16H14F3IN2O/c1-10(21-12-8-6-11(20)7-9-12)15(23)22-14-5-3-2-4-13(14)16(17,18)19/h2-10,21H,1H3,(H,22,23). The fraction of sp³-hybridized carbons (Fsp3) is 0.188. The molecule has 1 atom stereocenters. The van der Waals surface area contributed by atoms with E-state index >= 15 is 0 Å². The Bertz CT molecular complexity index is 686. The van der Waals surface area contributed by atoms with Crippen LogP contribution in [0.25, 0.3) is 0 Å². The van der Waals surface area contributed by atoms with Crippen LogP contribution in [-0.4, -0.2) is 11.9 Å². The number of amides is 1. The molecule has 0 aliphatic rings. The molecule has 2 rings (SSSR count). The first-order valence-corrected chi connectivity index (χ1v) is 7.84. The second-order valence-corrected chi connectivity index (χ2v) is 6.15. The molecule has 7 heteroatoms. The van der Waals surface area contributed by atoms with Crippen LogP contribution in [0.5, 0.6) is 0 Å². The molecule has 0 spiro atoms. The van der Waals surface area contributed by atoms with Crippen LogP contribution in [0.15, 0.2) is 48.5 Å². The predicted molar refractivity (Wildman–Crippen MR) is 92.3 cm³/mol. The number of carbonyl (C=O) groups is 1. The van der Waals surface area contributed by atoms with Gasteiger partial charge in [-0.25, -0.2) is 0 Å². The van der Waals surface area contributed by atoms with E-state index in [0.29, 0.717) is 0 Å². The summed E-state index contributed by atoms with van der Waals surface area (Å²) in [6.45, 7) is 1.59. The second kappa shape index (κ2) is 7.20. The lowest BCUT2D eigenvalue weighted by Crippen LogP contribution is -2.32. The van der Waals surface area contributed by atoms with Gasteiger partial charge in [-0.3, -0.25) is 4.79 Å². The van der Waals surface area contributed by atoms with Crippen molar-refractivity contribution in [3.8, 4) is 0 Å². The number of halogens is 4. The fourth-order valence-electron chi connectivity index (χ4n) is 1.94. The number of carbonyl (C=O) groups excluding carboxylic acids is 1. The fourth-order valence-corrected chi connectivity index (χ4v) is 2.30. The zero-order chi connectivity index (χ0) is 17.0. The van der Waals surface area contributed by atoms with E-state index < -0.39 is 23.7 Å². The summed E-state index contributed by atoms with van der Waals surface area (Å²) in [5, 5.41) is 5.28. The van der Waals surface area contributed by atoms with Gasteiger partial charge in [0.25, 0.3) is 0 Å². The minimum Gasteiger partial charge on any atom is -0.374 e. The summed E-state index contributed by atoms with van der Waals surface area (Å²) < 4.78 is 39.8. The highest BCUT2D eigenvalue weighted by atomic mass is 127. The summed E-state index contributed by atoms with van der Waals surface area (Å²) >= 11 is 2.16. The summed E-state index contributed by atoms with van der Waals surface area (Å²) in [6.07, 6.45) is -4.52. The molecule has 2 N–H and O–H groups in total. The van der Waals surface area contributed by atoms with Crippen molar-refractivity contribution in [2.45, 2.75) is 19.1 Å². The van der Waals surface area contributed by atoms with E-state index in [9.17, 15) is 18.0 Å². The van der Waals surface area contributed by atoms with Crippen LogP contribution < -0.4 is 10.6 Å². The van der Waals surface area contributed by atoms with Crippen molar-refractivity contribution >= 4 is 39.9 Å². The first-order valence-electron chi connectivity index (χ1n) is 6.76. The van der Waals surface area contributed by atoms with Gasteiger partial charge in [0.15, 0.2) is 0 Å². The molecule has 0 heterocycles. The number of hydrogen-bond donors (Lipinski definition) is 2. The van der Waals surface area contributed by atoms with Crippen LogP contribution in [0.3, 0.4) is 0 Å². The molecule has 0 saturated heterocycles. The third-order valence-electron chi connectivity index (χ3n) is 3.11. The normalized spacial score (nSPS) is 12.6. The Morgan fingerprint density at radius 2 is 1.70 bits per heavy atom. The third-order valence-corrected chi connectivity index (χ3v) is 3.83. The summed E-state index contributed by atoms with van der Waals surface area (Å²) in [6, 6.07) is 11.6. The monoisotopic (exact) mass is 434 g/mol. The van der Waals surface area contributed by atoms with Crippen molar-refractivity contribution in [1.29, 1.82) is 0 Å². The smallest absolute Gasteiger partial charge is 0.374 e. The van der Waals surface area contributed by atoms with E-state index in [4.69, 9.17) is 0 Å². The highest BCUT2D eigenvalue weighted by Crippen LogP contribution is 2.34. The van der Waals surface area contributed by atoms with Gasteiger partial charge in [-0.05, 0) is 65.9 Å². The van der Waals surface area contributed by atoms with Gasteiger partial charge in [-0.1, -0.05) is 12.1 Å². The van der Waals surface area contributed by atoms with Gasteiger partial charge < -0.3 is 10.6 Å². The minimum atomic E-state index is -4.52. The lowest BCUT2D eigenvalue weighted by Gasteiger charge is -2.18. The van der Waals surface area contributed by atoms with Crippen molar-refractivity contribution in [3.05, 3.63) is 57.7 Å². The average Bonchev–Trinajstić information content (AvgIpc) is 2.49. The molecule has 0 fully saturated rings. The zero-order valence-corrected chi connectivity index (χ0v) is 14.3. The van der Waals surface area contributed by atoms with Gasteiger partial charge in [-0.2, -0.15) is 13.2 Å². The van der Waals surface area contributed by atoms with Crippen molar-refractivity contribution in [1.82, 2.24) is 0 Å². The van der Waals surface area contributed by atoms with Gasteiger partial charge in [0.1, 0.15) is 6.04 Å². The minimum absolute atomic E-state index is 0.249. The number of para-hydroxylation sites is 1. The Balaban J connectivity index is 2.08. The molecule has 23 heavy (non-hydrogen) atoms. The second-order valence-electron chi connectivity index (χ2n) is 4.91. The molecule has 0 bridgehead atoms. The Morgan fingerprint density at radius 3 is 2.30 bits per heavy atom. The maximum Gasteiger partial charge on any atom is 0.418 e. The Hall–Kier alpha value is -1.77. The van der Waals surface area contributed by atoms with E-state index in [2.05, 4.69) is 33.2 Å². The van der Waals surface area contributed by atoms with Gasteiger partial charge in [-0.15, -0.1) is 0 Å². The average molecular weight is 434 g/mol. The number of alkyl halides is 3. The topological polar surface area (TPSA) is 41.1 Å². The number of anilines is 2. The predicted octanol–water partition coefficient (Wildman–Crippen LogP) is 4.75. The molecule has 0 aliphatic carbocycles. The molecule has 1 unspecified atom stereocenters. The lowest BCUT2D eigenvalue weighted by molar-refractivity contribution is -0.137.